The molecular formula is C14H15N3O3. The molecule has 3 rings (SSSR count). The Bertz CT molecular complexity index is 720. The lowest BCUT2D eigenvalue weighted by molar-refractivity contribution is -0.118. The number of anilines is 2. The Kier molecular flexibility index (Phi) is 2.58. The normalized spacial score (nSPS) is 14.7. The second-order valence-corrected chi connectivity index (χ2v) is 5.36. The van der Waals surface area contributed by atoms with Crippen LogP contribution in [0.5, 0.6) is 5.75 Å². The van der Waals surface area contributed by atoms with Gasteiger partial charge in [0, 0.05) is 5.39 Å². The van der Waals surface area contributed by atoms with Crippen molar-refractivity contribution >= 4 is 28.2 Å². The Morgan fingerprint density at radius 2 is 2.15 bits per heavy atom. The van der Waals surface area contributed by atoms with Gasteiger partial charge < -0.3 is 20.9 Å². The quantitative estimate of drug-likeness (QED) is 0.729. The topological polar surface area (TPSA) is 97.5 Å². The number of hydrogen-bond acceptors (Lipinski definition) is 5. The molecule has 1 aromatic heterocycles. The molecule has 6 heteroatoms. The molecule has 1 aliphatic rings. The molecule has 1 aromatic carbocycles. The summed E-state index contributed by atoms with van der Waals surface area (Å²) in [5.41, 5.74) is 6.85. The average molecular weight is 273 g/mol. The summed E-state index contributed by atoms with van der Waals surface area (Å²) in [6.07, 6.45) is 0. The molecule has 0 spiro atoms. The number of pyridine rings is 1. The third-order valence-corrected chi connectivity index (χ3v) is 3.16. The highest BCUT2D eigenvalue weighted by Crippen LogP contribution is 2.34. The van der Waals surface area contributed by atoms with Gasteiger partial charge in [-0.2, -0.15) is 0 Å². The van der Waals surface area contributed by atoms with Crippen LogP contribution in [0.25, 0.3) is 10.9 Å². The Morgan fingerprint density at radius 1 is 1.40 bits per heavy atom. The van der Waals surface area contributed by atoms with E-state index < -0.39 is 5.60 Å². The smallest absolute Gasteiger partial charge is 0.262 e. The van der Waals surface area contributed by atoms with E-state index in [0.717, 1.165) is 5.39 Å². The Morgan fingerprint density at radius 3 is 2.85 bits per heavy atom. The number of aliphatic hydroxyl groups is 1. The molecule has 0 atom stereocenters. The van der Waals surface area contributed by atoms with Gasteiger partial charge in [-0.25, -0.2) is 4.98 Å². The van der Waals surface area contributed by atoms with Crippen molar-refractivity contribution in [2.24, 2.45) is 0 Å². The number of nitrogens with zero attached hydrogens (tertiary/aromatic N) is 1. The number of hydrogen-bond donors (Lipinski definition) is 3. The van der Waals surface area contributed by atoms with Gasteiger partial charge >= 0.3 is 0 Å². The van der Waals surface area contributed by atoms with Crippen molar-refractivity contribution in [1.29, 1.82) is 0 Å². The Hall–Kier alpha value is -2.34. The molecule has 0 radical (unpaired) electrons. The number of amides is 1. The highest BCUT2D eigenvalue weighted by atomic mass is 16.5. The summed E-state index contributed by atoms with van der Waals surface area (Å²) in [4.78, 5) is 15.7. The predicted octanol–water partition coefficient (Wildman–Crippen LogP) is 1.38. The van der Waals surface area contributed by atoms with Gasteiger partial charge in [0.2, 0.25) is 0 Å². The van der Waals surface area contributed by atoms with E-state index in [2.05, 4.69) is 10.3 Å². The lowest BCUT2D eigenvalue weighted by Crippen LogP contribution is -2.25. The third kappa shape index (κ3) is 2.04. The summed E-state index contributed by atoms with van der Waals surface area (Å²) < 4.78 is 5.35. The van der Waals surface area contributed by atoms with Gasteiger partial charge in [-0.1, -0.05) is 0 Å². The monoisotopic (exact) mass is 273 g/mol. The van der Waals surface area contributed by atoms with Crippen molar-refractivity contribution in [3.63, 3.8) is 0 Å². The number of nitrogens with two attached hydrogens (primary N) is 1. The van der Waals surface area contributed by atoms with Gasteiger partial charge in [0.15, 0.2) is 6.61 Å². The first-order valence-electron chi connectivity index (χ1n) is 6.24. The second-order valence-electron chi connectivity index (χ2n) is 5.36. The standard InChI is InChI=1S/C14H15N3O3/c1-14(2,19)13-8(15)3-7-4-11-10(5-9(7)17-13)16-12(18)6-20-11/h3-5,19H,6,15H2,1-2H3,(H,16,18). The molecule has 104 valence electrons. The van der Waals surface area contributed by atoms with Gasteiger partial charge in [0.25, 0.3) is 5.91 Å². The summed E-state index contributed by atoms with van der Waals surface area (Å²) in [5, 5.41) is 13.6. The summed E-state index contributed by atoms with van der Waals surface area (Å²) >= 11 is 0. The molecule has 1 amide bonds. The van der Waals surface area contributed by atoms with Gasteiger partial charge in [-0.05, 0) is 32.0 Å². The van der Waals surface area contributed by atoms with E-state index >= 15 is 0 Å². The van der Waals surface area contributed by atoms with Crippen molar-refractivity contribution in [1.82, 2.24) is 4.98 Å². The first-order valence-corrected chi connectivity index (χ1v) is 6.24. The minimum absolute atomic E-state index is 0.00315. The van der Waals surface area contributed by atoms with Crippen molar-refractivity contribution in [2.75, 3.05) is 17.7 Å². The highest BCUT2D eigenvalue weighted by Gasteiger charge is 2.23. The van der Waals surface area contributed by atoms with Crippen LogP contribution in [0, 0.1) is 0 Å². The van der Waals surface area contributed by atoms with E-state index in [1.807, 2.05) is 0 Å². The lowest BCUT2D eigenvalue weighted by Gasteiger charge is -2.21. The zero-order valence-electron chi connectivity index (χ0n) is 11.2. The molecule has 2 heterocycles. The number of nitrogens with one attached hydrogen (secondary N) is 1. The lowest BCUT2D eigenvalue weighted by atomic mass is 10.0. The molecule has 0 fully saturated rings. The molecule has 0 saturated heterocycles. The number of benzene rings is 1. The number of nitrogen functional groups attached to an aromatic ring is 1. The zero-order valence-corrected chi connectivity index (χ0v) is 11.2. The molecule has 2 aromatic rings. The summed E-state index contributed by atoms with van der Waals surface area (Å²) in [6.45, 7) is 3.25. The summed E-state index contributed by atoms with van der Waals surface area (Å²) in [6, 6.07) is 5.24. The molecule has 0 bridgehead atoms. The highest BCUT2D eigenvalue weighted by molar-refractivity contribution is 5.99. The molecule has 4 N–H and O–H groups in total. The van der Waals surface area contributed by atoms with Crippen LogP contribution in [-0.4, -0.2) is 22.6 Å². The fraction of sp³-hybridized carbons (Fsp3) is 0.286. The molecule has 1 aliphatic heterocycles. The van der Waals surface area contributed by atoms with Crippen LogP contribution in [0.2, 0.25) is 0 Å². The van der Waals surface area contributed by atoms with Crippen LogP contribution < -0.4 is 15.8 Å². The van der Waals surface area contributed by atoms with Crippen LogP contribution >= 0.6 is 0 Å². The molecule has 20 heavy (non-hydrogen) atoms. The minimum atomic E-state index is -1.13. The third-order valence-electron chi connectivity index (χ3n) is 3.16. The average Bonchev–Trinajstić information content (AvgIpc) is 2.34. The number of rotatable bonds is 1. The van der Waals surface area contributed by atoms with Crippen LogP contribution in [-0.2, 0) is 10.4 Å². The number of fused-ring (bicyclic) bond motifs is 2. The van der Waals surface area contributed by atoms with E-state index in [4.69, 9.17) is 10.5 Å². The van der Waals surface area contributed by atoms with E-state index in [-0.39, 0.29) is 12.5 Å². The number of carbonyl (C=O) groups excluding carboxylic acids is 1. The van der Waals surface area contributed by atoms with Gasteiger partial charge in [-0.15, -0.1) is 0 Å². The van der Waals surface area contributed by atoms with Crippen LogP contribution in [0.15, 0.2) is 18.2 Å². The summed E-state index contributed by atoms with van der Waals surface area (Å²) in [7, 11) is 0. The van der Waals surface area contributed by atoms with Crippen LogP contribution in [0.3, 0.4) is 0 Å². The van der Waals surface area contributed by atoms with E-state index in [1.54, 1.807) is 32.0 Å². The van der Waals surface area contributed by atoms with E-state index in [9.17, 15) is 9.90 Å². The molecule has 0 aliphatic carbocycles. The SMILES string of the molecule is CC(C)(O)c1nc2cc3c(cc2cc1N)OCC(=O)N3. The van der Waals surface area contributed by atoms with Gasteiger partial charge in [0.1, 0.15) is 11.4 Å². The van der Waals surface area contributed by atoms with Gasteiger partial charge in [0.05, 0.1) is 22.6 Å². The summed E-state index contributed by atoms with van der Waals surface area (Å²) in [5.74, 6) is 0.393. The largest absolute Gasteiger partial charge is 0.482 e. The zero-order chi connectivity index (χ0) is 14.5. The Labute approximate surface area is 115 Å². The van der Waals surface area contributed by atoms with Crippen molar-refractivity contribution in [2.45, 2.75) is 19.4 Å². The maximum Gasteiger partial charge on any atom is 0.262 e. The fourth-order valence-corrected chi connectivity index (χ4v) is 2.25. The minimum Gasteiger partial charge on any atom is -0.482 e. The Balaban J connectivity index is 2.22. The van der Waals surface area contributed by atoms with Crippen LogP contribution in [0.4, 0.5) is 11.4 Å². The van der Waals surface area contributed by atoms with Crippen molar-refractivity contribution in [3.8, 4) is 5.75 Å². The fourth-order valence-electron chi connectivity index (χ4n) is 2.25. The van der Waals surface area contributed by atoms with Gasteiger partial charge in [-0.3, -0.25) is 4.79 Å². The number of carbonyl (C=O) groups is 1. The molecule has 0 saturated carbocycles. The first-order chi connectivity index (χ1) is 9.34. The maximum atomic E-state index is 11.3. The van der Waals surface area contributed by atoms with Crippen molar-refractivity contribution < 1.29 is 14.6 Å². The molecule has 6 nitrogen and oxygen atoms in total. The first kappa shape index (κ1) is 12.7. The molecule has 0 unspecified atom stereocenters. The van der Waals surface area contributed by atoms with E-state index in [0.29, 0.717) is 28.3 Å². The predicted molar refractivity (Wildman–Crippen MR) is 75.5 cm³/mol. The van der Waals surface area contributed by atoms with Crippen LogP contribution in [0.1, 0.15) is 19.5 Å². The second kappa shape index (κ2) is 4.08. The van der Waals surface area contributed by atoms with E-state index in [1.165, 1.54) is 0 Å². The number of aromatic nitrogens is 1. The maximum absolute atomic E-state index is 11.3. The molecular weight excluding hydrogens is 258 g/mol. The number of ether oxygens (including phenoxy) is 1. The van der Waals surface area contributed by atoms with Crippen molar-refractivity contribution in [3.05, 3.63) is 23.9 Å².